The number of hydrogen-bond acceptors (Lipinski definition) is 5. The Morgan fingerprint density at radius 3 is 1.50 bits per heavy atom. The summed E-state index contributed by atoms with van der Waals surface area (Å²) < 4.78 is 5.68. The second kappa shape index (κ2) is 23.1. The van der Waals surface area contributed by atoms with Gasteiger partial charge in [-0.2, -0.15) is 0 Å². The van der Waals surface area contributed by atoms with Crippen LogP contribution in [0.2, 0.25) is 0 Å². The first-order valence-electron chi connectivity index (χ1n) is 13.7. The first kappa shape index (κ1) is 32.4. The van der Waals surface area contributed by atoms with Gasteiger partial charge in [0.1, 0.15) is 6.10 Å². The van der Waals surface area contributed by atoms with E-state index in [0.717, 1.165) is 64.2 Å². The summed E-state index contributed by atoms with van der Waals surface area (Å²) in [6.45, 7) is 2.19. The maximum absolute atomic E-state index is 12.4. The maximum atomic E-state index is 12.4. The summed E-state index contributed by atoms with van der Waals surface area (Å²) in [6.07, 6.45) is 16.1. The van der Waals surface area contributed by atoms with Crippen LogP contribution in [0.4, 0.5) is 0 Å². The molecule has 0 bridgehead atoms. The number of unbranched alkanes of at least 4 members (excludes halogenated alkanes) is 13. The zero-order chi connectivity index (χ0) is 25.4. The third kappa shape index (κ3) is 22.2. The van der Waals surface area contributed by atoms with Crippen molar-refractivity contribution in [2.45, 2.75) is 154 Å². The Balaban J connectivity index is 4.27. The van der Waals surface area contributed by atoms with Crippen molar-refractivity contribution in [1.29, 1.82) is 0 Å². The third-order valence-corrected chi connectivity index (χ3v) is 6.22. The highest BCUT2D eigenvalue weighted by molar-refractivity contribution is 5.69. The molecule has 0 spiro atoms. The van der Waals surface area contributed by atoms with Crippen molar-refractivity contribution in [3.63, 3.8) is 0 Å². The van der Waals surface area contributed by atoms with Crippen LogP contribution >= 0.6 is 0 Å². The Kier molecular flexibility index (Phi) is 22.0. The average molecular weight is 487 g/mol. The Labute approximate surface area is 206 Å². The molecule has 0 heterocycles. The van der Waals surface area contributed by atoms with E-state index in [1.54, 1.807) is 0 Å². The van der Waals surface area contributed by atoms with Crippen LogP contribution in [0.15, 0.2) is 0 Å². The minimum atomic E-state index is -0.769. The zero-order valence-corrected chi connectivity index (χ0v) is 21.5. The SMILES string of the molecule is CCCCCCCCC(O)C(CCCCCCCC(=O)O)OC(=O)CCCCCCCC(=O)O. The standard InChI is InChI=1S/C27H50O7/c1-2-3-4-5-8-13-18-23(28)24(19-14-9-6-10-15-20-25(29)30)34-27(33)22-17-12-7-11-16-21-26(31)32/h23-24,28H,2-22H2,1H3,(H,29,30)(H,31,32). The van der Waals surface area contributed by atoms with E-state index in [0.29, 0.717) is 32.1 Å². The van der Waals surface area contributed by atoms with Gasteiger partial charge in [-0.1, -0.05) is 84.0 Å². The van der Waals surface area contributed by atoms with Gasteiger partial charge in [-0.15, -0.1) is 0 Å². The minimum Gasteiger partial charge on any atom is -0.481 e. The summed E-state index contributed by atoms with van der Waals surface area (Å²) in [5.41, 5.74) is 0. The van der Waals surface area contributed by atoms with E-state index in [-0.39, 0.29) is 18.8 Å². The summed E-state index contributed by atoms with van der Waals surface area (Å²) in [5.74, 6) is -1.79. The van der Waals surface area contributed by atoms with Gasteiger partial charge in [-0.25, -0.2) is 0 Å². The Morgan fingerprint density at radius 1 is 0.588 bits per heavy atom. The number of carbonyl (C=O) groups excluding carboxylic acids is 1. The molecule has 0 aliphatic heterocycles. The number of aliphatic carboxylic acids is 2. The van der Waals surface area contributed by atoms with Crippen molar-refractivity contribution in [3.05, 3.63) is 0 Å². The van der Waals surface area contributed by atoms with Crippen LogP contribution in [0.3, 0.4) is 0 Å². The molecule has 7 heteroatoms. The molecule has 0 saturated carbocycles. The fourth-order valence-electron chi connectivity index (χ4n) is 4.11. The van der Waals surface area contributed by atoms with Crippen molar-refractivity contribution in [3.8, 4) is 0 Å². The normalized spacial score (nSPS) is 12.9. The molecule has 0 aliphatic rings. The highest BCUT2D eigenvalue weighted by Gasteiger charge is 2.22. The summed E-state index contributed by atoms with van der Waals surface area (Å²) in [5, 5.41) is 28.0. The zero-order valence-electron chi connectivity index (χ0n) is 21.5. The molecule has 7 nitrogen and oxygen atoms in total. The van der Waals surface area contributed by atoms with E-state index in [4.69, 9.17) is 14.9 Å². The summed E-state index contributed by atoms with van der Waals surface area (Å²) in [4.78, 5) is 33.5. The second-order valence-corrected chi connectivity index (χ2v) is 9.51. The van der Waals surface area contributed by atoms with Gasteiger partial charge in [0.2, 0.25) is 0 Å². The van der Waals surface area contributed by atoms with Crippen LogP contribution in [0, 0.1) is 0 Å². The van der Waals surface area contributed by atoms with E-state index in [1.165, 1.54) is 25.7 Å². The number of hydrogen-bond donors (Lipinski definition) is 3. The smallest absolute Gasteiger partial charge is 0.306 e. The molecule has 0 aromatic heterocycles. The molecule has 0 aromatic carbocycles. The molecule has 200 valence electrons. The quantitative estimate of drug-likeness (QED) is 0.0976. The van der Waals surface area contributed by atoms with E-state index in [9.17, 15) is 19.5 Å². The van der Waals surface area contributed by atoms with E-state index < -0.39 is 24.1 Å². The van der Waals surface area contributed by atoms with Gasteiger partial charge in [-0.05, 0) is 38.5 Å². The third-order valence-electron chi connectivity index (χ3n) is 6.22. The van der Waals surface area contributed by atoms with Crippen LogP contribution in [-0.2, 0) is 19.1 Å². The fraction of sp³-hybridized carbons (Fsp3) is 0.889. The lowest BCUT2D eigenvalue weighted by atomic mass is 9.99. The molecule has 0 rings (SSSR count). The molecule has 34 heavy (non-hydrogen) atoms. The lowest BCUT2D eigenvalue weighted by Gasteiger charge is -2.23. The number of rotatable bonds is 25. The molecule has 0 radical (unpaired) electrons. The van der Waals surface area contributed by atoms with Crippen molar-refractivity contribution in [2.75, 3.05) is 0 Å². The summed E-state index contributed by atoms with van der Waals surface area (Å²) in [6, 6.07) is 0. The topological polar surface area (TPSA) is 121 Å². The van der Waals surface area contributed by atoms with Crippen LogP contribution in [0.1, 0.15) is 142 Å². The number of carboxylic acids is 2. The Hall–Kier alpha value is -1.63. The fourth-order valence-corrected chi connectivity index (χ4v) is 4.11. The molecule has 0 amide bonds. The molecule has 0 fully saturated rings. The number of carbonyl (C=O) groups is 3. The first-order valence-corrected chi connectivity index (χ1v) is 13.7. The molecule has 2 atom stereocenters. The second-order valence-electron chi connectivity index (χ2n) is 9.51. The number of aliphatic hydroxyl groups is 1. The predicted octanol–water partition coefficient (Wildman–Crippen LogP) is 6.64. The van der Waals surface area contributed by atoms with Gasteiger partial charge in [0.25, 0.3) is 0 Å². The largest absolute Gasteiger partial charge is 0.481 e. The van der Waals surface area contributed by atoms with Gasteiger partial charge < -0.3 is 20.1 Å². The molecule has 3 N–H and O–H groups in total. The number of aliphatic hydroxyl groups excluding tert-OH is 1. The minimum absolute atomic E-state index is 0.194. The molecular weight excluding hydrogens is 436 g/mol. The molecule has 0 aromatic rings. The van der Waals surface area contributed by atoms with Gasteiger partial charge in [0.05, 0.1) is 6.10 Å². The lowest BCUT2D eigenvalue weighted by molar-refractivity contribution is -0.156. The van der Waals surface area contributed by atoms with Gasteiger partial charge in [0, 0.05) is 19.3 Å². The maximum Gasteiger partial charge on any atom is 0.306 e. The van der Waals surface area contributed by atoms with E-state index in [1.807, 2.05) is 0 Å². The average Bonchev–Trinajstić information content (AvgIpc) is 2.78. The van der Waals surface area contributed by atoms with Crippen molar-refractivity contribution in [1.82, 2.24) is 0 Å². The van der Waals surface area contributed by atoms with Gasteiger partial charge in [-0.3, -0.25) is 14.4 Å². The molecule has 0 saturated heterocycles. The van der Waals surface area contributed by atoms with Gasteiger partial charge in [0.15, 0.2) is 0 Å². The Bertz CT molecular complexity index is 521. The van der Waals surface area contributed by atoms with Gasteiger partial charge >= 0.3 is 17.9 Å². The van der Waals surface area contributed by atoms with Crippen molar-refractivity contribution >= 4 is 17.9 Å². The van der Waals surface area contributed by atoms with Crippen LogP contribution in [-0.4, -0.2) is 45.4 Å². The predicted molar refractivity (Wildman–Crippen MR) is 134 cm³/mol. The lowest BCUT2D eigenvalue weighted by Crippen LogP contribution is -2.31. The highest BCUT2D eigenvalue weighted by atomic mass is 16.6. The van der Waals surface area contributed by atoms with Crippen molar-refractivity contribution < 1.29 is 34.4 Å². The Morgan fingerprint density at radius 2 is 1.00 bits per heavy atom. The van der Waals surface area contributed by atoms with Crippen LogP contribution in [0.25, 0.3) is 0 Å². The number of ether oxygens (including phenoxy) is 1. The monoisotopic (exact) mass is 486 g/mol. The molecule has 0 aliphatic carbocycles. The number of esters is 1. The number of carboxylic acid groups (broad SMARTS) is 2. The summed E-state index contributed by atoms with van der Waals surface area (Å²) >= 11 is 0. The van der Waals surface area contributed by atoms with E-state index >= 15 is 0 Å². The molecular formula is C27H50O7. The highest BCUT2D eigenvalue weighted by Crippen LogP contribution is 2.19. The first-order chi connectivity index (χ1) is 16.4. The van der Waals surface area contributed by atoms with Crippen LogP contribution in [0.5, 0.6) is 0 Å². The van der Waals surface area contributed by atoms with Crippen molar-refractivity contribution in [2.24, 2.45) is 0 Å². The van der Waals surface area contributed by atoms with Crippen LogP contribution < -0.4 is 0 Å². The molecule has 2 unspecified atom stereocenters. The van der Waals surface area contributed by atoms with E-state index in [2.05, 4.69) is 6.92 Å². The summed E-state index contributed by atoms with van der Waals surface area (Å²) in [7, 11) is 0.